The molecule has 2 aromatic carbocycles. The Morgan fingerprint density at radius 2 is 2.12 bits per heavy atom. The molecule has 4 rings (SSSR count). The monoisotopic (exact) mass is 490 g/mol. The number of rotatable bonds is 7. The largest absolute Gasteiger partial charge is 0.490 e. The lowest BCUT2D eigenvalue weighted by Gasteiger charge is -2.10. The van der Waals surface area contributed by atoms with E-state index in [1.54, 1.807) is 6.92 Å². The second kappa shape index (κ2) is 9.15. The highest BCUT2D eigenvalue weighted by Crippen LogP contribution is 2.41. The van der Waals surface area contributed by atoms with Crippen molar-refractivity contribution in [1.29, 1.82) is 0 Å². The van der Waals surface area contributed by atoms with Gasteiger partial charge in [-0.1, -0.05) is 41.6 Å². The summed E-state index contributed by atoms with van der Waals surface area (Å²) >= 11 is 8.97. The number of benzene rings is 2. The van der Waals surface area contributed by atoms with E-state index < -0.39 is 4.92 Å². The summed E-state index contributed by atoms with van der Waals surface area (Å²) in [5.74, 6) is 0.00887. The molecule has 0 saturated heterocycles. The van der Waals surface area contributed by atoms with Crippen LogP contribution in [-0.2, 0) is 4.79 Å². The molecule has 0 unspecified atom stereocenters. The molecule has 32 heavy (non-hydrogen) atoms. The number of thiophene rings is 1. The van der Waals surface area contributed by atoms with Crippen molar-refractivity contribution in [3.63, 3.8) is 0 Å². The first-order valence-electron chi connectivity index (χ1n) is 9.14. The molecular formula is C20H15ClN4O5S2. The van der Waals surface area contributed by atoms with Crippen LogP contribution in [-0.4, -0.2) is 33.9 Å². The van der Waals surface area contributed by atoms with Crippen molar-refractivity contribution in [1.82, 2.24) is 10.2 Å². The quantitative estimate of drug-likeness (QED) is 0.203. The fraction of sp³-hybridized carbons (Fsp3) is 0.150. The number of hydrogen-bond acceptors (Lipinski definition) is 9. The topological polar surface area (TPSA) is 120 Å². The number of aromatic nitrogens is 2. The highest BCUT2D eigenvalue weighted by atomic mass is 35.5. The van der Waals surface area contributed by atoms with Crippen molar-refractivity contribution in [3.8, 4) is 16.5 Å². The summed E-state index contributed by atoms with van der Waals surface area (Å²) in [7, 11) is 1.33. The van der Waals surface area contributed by atoms with E-state index in [-0.39, 0.29) is 34.2 Å². The highest BCUT2D eigenvalue weighted by Gasteiger charge is 2.20. The van der Waals surface area contributed by atoms with Crippen molar-refractivity contribution in [2.75, 3.05) is 18.2 Å². The number of amides is 1. The third-order valence-corrected chi connectivity index (χ3v) is 6.94. The van der Waals surface area contributed by atoms with Crippen LogP contribution in [0.4, 0.5) is 11.4 Å². The first kappa shape index (κ1) is 22.1. The molecule has 164 valence electrons. The average molecular weight is 491 g/mol. The average Bonchev–Trinajstić information content (AvgIpc) is 3.38. The normalized spacial score (nSPS) is 11.0. The summed E-state index contributed by atoms with van der Waals surface area (Å²) in [5, 5.41) is 23.5. The molecule has 2 heterocycles. The smallest absolute Gasteiger partial charge is 0.311 e. The number of nitro benzene ring substituents is 1. The number of nitrogens with one attached hydrogen (secondary N) is 1. The second-order valence-corrected chi connectivity index (χ2v) is 8.90. The van der Waals surface area contributed by atoms with Gasteiger partial charge in [-0.25, -0.2) is 0 Å². The molecule has 0 aliphatic carbocycles. The van der Waals surface area contributed by atoms with Gasteiger partial charge in [0.25, 0.3) is 11.1 Å². The standard InChI is InChI=1S/C20H15ClN4O5S2/c1-10-7-13(25(27)28)14(29-2)8-12(10)22-16(26)9-31-20-24-23-19(30-20)18-17(21)11-5-3-4-6-15(11)32-18/h3-8H,9H2,1-2H3,(H,22,26). The molecule has 0 fully saturated rings. The van der Waals surface area contributed by atoms with Gasteiger partial charge in [-0.05, 0) is 18.6 Å². The molecule has 0 aliphatic heterocycles. The lowest BCUT2D eigenvalue weighted by molar-refractivity contribution is -0.385. The van der Waals surface area contributed by atoms with E-state index in [4.69, 9.17) is 20.8 Å². The van der Waals surface area contributed by atoms with E-state index in [0.29, 0.717) is 21.2 Å². The number of nitro groups is 1. The predicted molar refractivity (Wildman–Crippen MR) is 124 cm³/mol. The molecule has 1 N–H and O–H groups in total. The van der Waals surface area contributed by atoms with E-state index in [1.807, 2.05) is 24.3 Å². The molecule has 0 saturated carbocycles. The number of halogens is 1. The van der Waals surface area contributed by atoms with E-state index in [0.717, 1.165) is 21.8 Å². The third-order valence-electron chi connectivity index (χ3n) is 4.46. The van der Waals surface area contributed by atoms with Crippen molar-refractivity contribution in [2.45, 2.75) is 12.1 Å². The summed E-state index contributed by atoms with van der Waals surface area (Å²) in [6, 6.07) is 10.5. The first-order chi connectivity index (χ1) is 15.4. The van der Waals surface area contributed by atoms with E-state index in [2.05, 4.69) is 15.5 Å². The number of methoxy groups -OCH3 is 1. The van der Waals surface area contributed by atoms with Gasteiger partial charge < -0.3 is 14.5 Å². The Morgan fingerprint density at radius 1 is 1.34 bits per heavy atom. The molecule has 0 spiro atoms. The maximum atomic E-state index is 12.4. The number of hydrogen-bond donors (Lipinski definition) is 1. The molecule has 0 radical (unpaired) electrons. The molecule has 9 nitrogen and oxygen atoms in total. The second-order valence-electron chi connectivity index (χ2n) is 6.55. The van der Waals surface area contributed by atoms with Gasteiger partial charge in [-0.2, -0.15) is 0 Å². The zero-order chi connectivity index (χ0) is 22.8. The zero-order valence-electron chi connectivity index (χ0n) is 16.7. The summed E-state index contributed by atoms with van der Waals surface area (Å²) in [6.07, 6.45) is 0. The number of carbonyl (C=O) groups is 1. The fourth-order valence-corrected chi connectivity index (χ4v) is 4.94. The van der Waals surface area contributed by atoms with Gasteiger partial charge in [0.15, 0.2) is 5.75 Å². The van der Waals surface area contributed by atoms with E-state index in [1.165, 1.54) is 30.6 Å². The van der Waals surface area contributed by atoms with Crippen LogP contribution in [0.3, 0.4) is 0 Å². The van der Waals surface area contributed by atoms with Gasteiger partial charge in [0.2, 0.25) is 5.91 Å². The van der Waals surface area contributed by atoms with Crippen LogP contribution in [0, 0.1) is 17.0 Å². The molecular weight excluding hydrogens is 476 g/mol. The molecule has 2 aromatic heterocycles. The maximum Gasteiger partial charge on any atom is 0.311 e. The predicted octanol–water partition coefficient (Wildman–Crippen LogP) is 5.56. The van der Waals surface area contributed by atoms with Crippen LogP contribution < -0.4 is 10.1 Å². The summed E-state index contributed by atoms with van der Waals surface area (Å²) in [5.41, 5.74) is 0.785. The highest BCUT2D eigenvalue weighted by molar-refractivity contribution is 7.99. The van der Waals surface area contributed by atoms with Crippen molar-refractivity contribution < 1.29 is 18.9 Å². The molecule has 0 aliphatic rings. The summed E-state index contributed by atoms with van der Waals surface area (Å²) in [6.45, 7) is 1.66. The number of thioether (sulfide) groups is 1. The zero-order valence-corrected chi connectivity index (χ0v) is 19.1. The Balaban J connectivity index is 1.44. The lowest BCUT2D eigenvalue weighted by Crippen LogP contribution is -2.15. The number of anilines is 1. The molecule has 0 bridgehead atoms. The van der Waals surface area contributed by atoms with Gasteiger partial charge in [-0.3, -0.25) is 14.9 Å². The Morgan fingerprint density at radius 3 is 2.84 bits per heavy atom. The first-order valence-corrected chi connectivity index (χ1v) is 11.3. The Kier molecular flexibility index (Phi) is 6.31. The Labute approximate surface area is 194 Å². The third kappa shape index (κ3) is 4.40. The maximum absolute atomic E-state index is 12.4. The van der Waals surface area contributed by atoms with Crippen molar-refractivity contribution in [3.05, 3.63) is 57.1 Å². The minimum absolute atomic E-state index is 0.000520. The van der Waals surface area contributed by atoms with Gasteiger partial charge in [0.1, 0.15) is 4.88 Å². The Bertz CT molecular complexity index is 1340. The van der Waals surface area contributed by atoms with Crippen LogP contribution in [0.15, 0.2) is 46.0 Å². The van der Waals surface area contributed by atoms with Gasteiger partial charge in [-0.15, -0.1) is 21.5 Å². The van der Waals surface area contributed by atoms with Crippen LogP contribution in [0.25, 0.3) is 20.9 Å². The fourth-order valence-electron chi connectivity index (χ4n) is 2.94. The molecule has 0 atom stereocenters. The summed E-state index contributed by atoms with van der Waals surface area (Å²) < 4.78 is 11.7. The number of fused-ring (bicyclic) bond motifs is 1. The molecule has 4 aromatic rings. The number of aryl methyl sites for hydroxylation is 1. The lowest BCUT2D eigenvalue weighted by atomic mass is 10.1. The summed E-state index contributed by atoms with van der Waals surface area (Å²) in [4.78, 5) is 23.6. The number of ether oxygens (including phenoxy) is 1. The van der Waals surface area contributed by atoms with Gasteiger partial charge >= 0.3 is 5.69 Å². The van der Waals surface area contributed by atoms with Crippen LogP contribution in [0.5, 0.6) is 5.75 Å². The van der Waals surface area contributed by atoms with Gasteiger partial charge in [0, 0.05) is 27.9 Å². The van der Waals surface area contributed by atoms with Crippen LogP contribution >= 0.6 is 34.7 Å². The van der Waals surface area contributed by atoms with E-state index in [9.17, 15) is 14.9 Å². The van der Waals surface area contributed by atoms with Crippen molar-refractivity contribution in [2.24, 2.45) is 0 Å². The number of carbonyl (C=O) groups excluding carboxylic acids is 1. The Hall–Kier alpha value is -3.15. The van der Waals surface area contributed by atoms with Crippen LogP contribution in [0.2, 0.25) is 5.02 Å². The van der Waals surface area contributed by atoms with Crippen molar-refractivity contribution >= 4 is 62.1 Å². The minimum Gasteiger partial charge on any atom is -0.490 e. The molecule has 12 heteroatoms. The van der Waals surface area contributed by atoms with E-state index >= 15 is 0 Å². The van der Waals surface area contributed by atoms with Gasteiger partial charge in [0.05, 0.1) is 22.8 Å². The number of nitrogens with zero attached hydrogens (tertiary/aromatic N) is 3. The minimum atomic E-state index is -0.538. The molecule has 1 amide bonds. The SMILES string of the molecule is COc1cc(NC(=O)CSc2nnc(-c3sc4ccccc4c3Cl)o2)c(C)cc1[N+](=O)[O-]. The van der Waals surface area contributed by atoms with Crippen LogP contribution in [0.1, 0.15) is 5.56 Å².